The van der Waals surface area contributed by atoms with Gasteiger partial charge in [-0.3, -0.25) is 19.4 Å². The molecular weight excluding hydrogens is 246 g/mol. The van der Waals surface area contributed by atoms with Crippen LogP contribution in [-0.2, 0) is 14.3 Å². The van der Waals surface area contributed by atoms with E-state index in [1.54, 1.807) is 0 Å². The van der Waals surface area contributed by atoms with E-state index < -0.39 is 0 Å². The molecule has 2 fully saturated rings. The predicted octanol–water partition coefficient (Wildman–Crippen LogP) is -0.601. The molecule has 0 spiro atoms. The minimum Gasteiger partial charge on any atom is -0.468 e. The molecule has 0 aromatic rings. The van der Waals surface area contributed by atoms with E-state index in [1.807, 2.05) is 4.90 Å². The molecule has 2 heterocycles. The summed E-state index contributed by atoms with van der Waals surface area (Å²) in [4.78, 5) is 29.4. The van der Waals surface area contributed by atoms with Gasteiger partial charge in [0.15, 0.2) is 0 Å². The quantitative estimate of drug-likeness (QED) is 0.638. The summed E-state index contributed by atoms with van der Waals surface area (Å²) in [6, 6.07) is 0. The molecule has 2 aliphatic heterocycles. The Bertz CT molecular complexity index is 321. The first-order valence-electron chi connectivity index (χ1n) is 6.98. The average Bonchev–Trinajstić information content (AvgIpc) is 2.95. The van der Waals surface area contributed by atoms with Crippen molar-refractivity contribution in [2.75, 3.05) is 59.5 Å². The van der Waals surface area contributed by atoms with Crippen molar-refractivity contribution in [3.63, 3.8) is 0 Å². The number of ether oxygens (including phenoxy) is 1. The van der Waals surface area contributed by atoms with Gasteiger partial charge in [0.25, 0.3) is 0 Å². The number of methoxy groups -OCH3 is 1. The van der Waals surface area contributed by atoms with E-state index in [-0.39, 0.29) is 11.9 Å². The van der Waals surface area contributed by atoms with Crippen molar-refractivity contribution < 1.29 is 14.3 Å². The Labute approximate surface area is 114 Å². The second-order valence-electron chi connectivity index (χ2n) is 5.22. The maximum atomic E-state index is 12.0. The fourth-order valence-electron chi connectivity index (χ4n) is 2.61. The average molecular weight is 269 g/mol. The molecule has 6 heteroatoms. The zero-order chi connectivity index (χ0) is 13.7. The second-order valence-corrected chi connectivity index (χ2v) is 5.22. The van der Waals surface area contributed by atoms with Gasteiger partial charge >= 0.3 is 5.97 Å². The number of hydrogen-bond donors (Lipinski definition) is 0. The lowest BCUT2D eigenvalue weighted by Crippen LogP contribution is -2.50. The molecule has 0 N–H and O–H groups in total. The van der Waals surface area contributed by atoms with Crippen LogP contribution in [0.3, 0.4) is 0 Å². The maximum Gasteiger partial charge on any atom is 0.319 e. The lowest BCUT2D eigenvalue weighted by Gasteiger charge is -2.34. The number of likely N-dealkylation sites (tertiary alicyclic amines) is 1. The van der Waals surface area contributed by atoms with E-state index in [2.05, 4.69) is 14.5 Å². The van der Waals surface area contributed by atoms with Crippen molar-refractivity contribution in [2.24, 2.45) is 0 Å². The number of hydrogen-bond acceptors (Lipinski definition) is 5. The molecule has 2 aliphatic rings. The Balaban J connectivity index is 1.68. The zero-order valence-corrected chi connectivity index (χ0v) is 11.6. The second kappa shape index (κ2) is 6.86. The van der Waals surface area contributed by atoms with Gasteiger partial charge in [0.05, 0.1) is 20.2 Å². The highest BCUT2D eigenvalue weighted by atomic mass is 16.5. The third-order valence-corrected chi connectivity index (χ3v) is 3.86. The number of rotatable bonds is 4. The Kier molecular flexibility index (Phi) is 5.15. The lowest BCUT2D eigenvalue weighted by molar-refractivity contribution is -0.142. The standard InChI is InChI=1S/C13H23N3O3/c1-19-13(18)11-15-8-6-14(7-9-15)10-12(17)16-4-2-3-5-16/h2-11H2,1H3. The molecule has 1 amide bonds. The van der Waals surface area contributed by atoms with Gasteiger partial charge in [-0.1, -0.05) is 0 Å². The molecule has 0 saturated carbocycles. The van der Waals surface area contributed by atoms with E-state index in [9.17, 15) is 9.59 Å². The van der Waals surface area contributed by atoms with Crippen molar-refractivity contribution >= 4 is 11.9 Å². The highest BCUT2D eigenvalue weighted by Gasteiger charge is 2.24. The molecule has 0 radical (unpaired) electrons. The van der Waals surface area contributed by atoms with E-state index >= 15 is 0 Å². The van der Waals surface area contributed by atoms with Crippen LogP contribution in [0.25, 0.3) is 0 Å². The largest absolute Gasteiger partial charge is 0.468 e. The summed E-state index contributed by atoms with van der Waals surface area (Å²) < 4.78 is 4.66. The number of carbonyl (C=O) groups is 2. The molecule has 2 rings (SSSR count). The molecule has 0 aromatic carbocycles. The molecule has 0 aliphatic carbocycles. The van der Waals surface area contributed by atoms with Gasteiger partial charge < -0.3 is 9.64 Å². The van der Waals surface area contributed by atoms with Crippen LogP contribution in [0, 0.1) is 0 Å². The smallest absolute Gasteiger partial charge is 0.319 e. The Morgan fingerprint density at radius 3 is 1.95 bits per heavy atom. The van der Waals surface area contributed by atoms with Crippen molar-refractivity contribution in [3.8, 4) is 0 Å². The van der Waals surface area contributed by atoms with Crippen LogP contribution in [0.4, 0.5) is 0 Å². The van der Waals surface area contributed by atoms with Crippen molar-refractivity contribution in [1.82, 2.24) is 14.7 Å². The Morgan fingerprint density at radius 2 is 1.42 bits per heavy atom. The van der Waals surface area contributed by atoms with Crippen LogP contribution in [-0.4, -0.2) is 86.0 Å². The molecule has 19 heavy (non-hydrogen) atoms. The molecule has 108 valence electrons. The highest BCUT2D eigenvalue weighted by Crippen LogP contribution is 2.09. The van der Waals surface area contributed by atoms with Crippen LogP contribution in [0.1, 0.15) is 12.8 Å². The summed E-state index contributed by atoms with van der Waals surface area (Å²) in [6.45, 7) is 6.04. The highest BCUT2D eigenvalue weighted by molar-refractivity contribution is 5.78. The minimum atomic E-state index is -0.193. The SMILES string of the molecule is COC(=O)CN1CCN(CC(=O)N2CCCC2)CC1. The fourth-order valence-corrected chi connectivity index (χ4v) is 2.61. The Morgan fingerprint density at radius 1 is 0.895 bits per heavy atom. The van der Waals surface area contributed by atoms with Crippen LogP contribution in [0.15, 0.2) is 0 Å². The first-order chi connectivity index (χ1) is 9.19. The van der Waals surface area contributed by atoms with Gasteiger partial charge in [-0.2, -0.15) is 0 Å². The minimum absolute atomic E-state index is 0.193. The molecule has 0 unspecified atom stereocenters. The van der Waals surface area contributed by atoms with Gasteiger partial charge in [-0.15, -0.1) is 0 Å². The monoisotopic (exact) mass is 269 g/mol. The first kappa shape index (κ1) is 14.3. The topological polar surface area (TPSA) is 53.1 Å². The van der Waals surface area contributed by atoms with E-state index in [4.69, 9.17) is 0 Å². The third-order valence-electron chi connectivity index (χ3n) is 3.86. The van der Waals surface area contributed by atoms with E-state index in [0.717, 1.165) is 52.1 Å². The molecule has 6 nitrogen and oxygen atoms in total. The van der Waals surface area contributed by atoms with Crippen LogP contribution in [0.5, 0.6) is 0 Å². The fraction of sp³-hybridized carbons (Fsp3) is 0.846. The van der Waals surface area contributed by atoms with Crippen LogP contribution >= 0.6 is 0 Å². The number of esters is 1. The van der Waals surface area contributed by atoms with Gasteiger partial charge in [-0.05, 0) is 12.8 Å². The van der Waals surface area contributed by atoms with Gasteiger partial charge in [-0.25, -0.2) is 0 Å². The summed E-state index contributed by atoms with van der Waals surface area (Å²) in [6.07, 6.45) is 2.28. The first-order valence-corrected chi connectivity index (χ1v) is 6.98. The van der Waals surface area contributed by atoms with Gasteiger partial charge in [0.1, 0.15) is 0 Å². The summed E-state index contributed by atoms with van der Waals surface area (Å²) in [5, 5.41) is 0. The van der Waals surface area contributed by atoms with E-state index in [0.29, 0.717) is 13.1 Å². The van der Waals surface area contributed by atoms with Gasteiger partial charge in [0, 0.05) is 39.3 Å². The maximum absolute atomic E-state index is 12.0. The summed E-state index contributed by atoms with van der Waals surface area (Å²) in [5.74, 6) is 0.0560. The normalized spacial score (nSPS) is 21.6. The molecule has 2 saturated heterocycles. The van der Waals surface area contributed by atoms with Crippen molar-refractivity contribution in [3.05, 3.63) is 0 Å². The zero-order valence-electron chi connectivity index (χ0n) is 11.6. The summed E-state index contributed by atoms with van der Waals surface area (Å²) in [7, 11) is 1.41. The van der Waals surface area contributed by atoms with Crippen LogP contribution in [0.2, 0.25) is 0 Å². The predicted molar refractivity (Wildman–Crippen MR) is 70.7 cm³/mol. The van der Waals surface area contributed by atoms with Crippen molar-refractivity contribution in [1.29, 1.82) is 0 Å². The third kappa shape index (κ3) is 4.18. The van der Waals surface area contributed by atoms with Crippen molar-refractivity contribution in [2.45, 2.75) is 12.8 Å². The number of carbonyl (C=O) groups excluding carboxylic acids is 2. The van der Waals surface area contributed by atoms with E-state index in [1.165, 1.54) is 7.11 Å². The number of nitrogens with zero attached hydrogens (tertiary/aromatic N) is 3. The van der Waals surface area contributed by atoms with Crippen LogP contribution < -0.4 is 0 Å². The summed E-state index contributed by atoms with van der Waals surface area (Å²) in [5.41, 5.74) is 0. The lowest BCUT2D eigenvalue weighted by atomic mass is 10.3. The summed E-state index contributed by atoms with van der Waals surface area (Å²) >= 11 is 0. The molecule has 0 aromatic heterocycles. The molecular formula is C13H23N3O3. The Hall–Kier alpha value is -1.14. The molecule has 0 bridgehead atoms. The number of piperazine rings is 1. The number of amides is 1. The van der Waals surface area contributed by atoms with Gasteiger partial charge in [0.2, 0.25) is 5.91 Å². The molecule has 0 atom stereocenters.